The van der Waals surface area contributed by atoms with Gasteiger partial charge in [-0.15, -0.1) is 0 Å². The van der Waals surface area contributed by atoms with Crippen molar-refractivity contribution in [2.24, 2.45) is 17.3 Å². The fraction of sp³-hybridized carbons (Fsp3) is 0.889. The fourth-order valence-electron chi connectivity index (χ4n) is 5.08. The quantitative estimate of drug-likeness (QED) is 0.848. The number of hydrogen-bond acceptors (Lipinski definition) is 6. The number of hydrogen-bond donors (Lipinski definition) is 1. The largest absolute Gasteiger partial charge is 0.396 e. The molecular formula is C18H27N3O3. The van der Waals surface area contributed by atoms with Crippen LogP contribution in [-0.4, -0.2) is 59.6 Å². The highest BCUT2D eigenvalue weighted by molar-refractivity contribution is 5.18. The third-order valence-corrected chi connectivity index (χ3v) is 6.71. The Morgan fingerprint density at radius 2 is 2.12 bits per heavy atom. The van der Waals surface area contributed by atoms with Gasteiger partial charge in [0, 0.05) is 26.1 Å². The van der Waals surface area contributed by atoms with E-state index in [2.05, 4.69) is 10.1 Å². The van der Waals surface area contributed by atoms with Crippen molar-refractivity contribution < 1.29 is 14.4 Å². The number of ether oxygens (including phenoxy) is 1. The molecule has 2 saturated heterocycles. The van der Waals surface area contributed by atoms with Crippen LogP contribution < -0.4 is 0 Å². The smallest absolute Gasteiger partial charge is 0.234 e. The second-order valence-electron chi connectivity index (χ2n) is 8.73. The van der Waals surface area contributed by atoms with Gasteiger partial charge in [-0.3, -0.25) is 0 Å². The van der Waals surface area contributed by atoms with Crippen molar-refractivity contribution in [3.8, 4) is 0 Å². The Balaban J connectivity index is 1.34. The number of aromatic nitrogens is 2. The van der Waals surface area contributed by atoms with Gasteiger partial charge in [0.05, 0.1) is 30.7 Å². The molecule has 4 aliphatic rings. The predicted octanol–water partition coefficient (Wildman–Crippen LogP) is 1.38. The highest BCUT2D eigenvalue weighted by atomic mass is 16.5. The van der Waals surface area contributed by atoms with Crippen LogP contribution in [0.1, 0.15) is 43.8 Å². The number of aliphatic hydroxyl groups excluding tert-OH is 1. The molecule has 6 nitrogen and oxygen atoms in total. The number of fused-ring (bicyclic) bond motifs is 1. The van der Waals surface area contributed by atoms with Crippen LogP contribution >= 0.6 is 0 Å². The van der Waals surface area contributed by atoms with Crippen LogP contribution in [0.4, 0.5) is 0 Å². The molecule has 2 aliphatic carbocycles. The first kappa shape index (κ1) is 15.3. The van der Waals surface area contributed by atoms with Crippen molar-refractivity contribution in [3.63, 3.8) is 0 Å². The number of aliphatic hydroxyl groups is 1. The van der Waals surface area contributed by atoms with Crippen molar-refractivity contribution >= 4 is 0 Å². The number of likely N-dealkylation sites (tertiary alicyclic amines) is 1. The topological polar surface area (TPSA) is 71.6 Å². The average Bonchev–Trinajstić information content (AvgIpc) is 2.94. The van der Waals surface area contributed by atoms with Gasteiger partial charge in [-0.1, -0.05) is 11.6 Å². The lowest BCUT2D eigenvalue weighted by atomic mass is 9.80. The van der Waals surface area contributed by atoms with Crippen molar-refractivity contribution in [3.05, 3.63) is 11.7 Å². The Labute approximate surface area is 142 Å². The summed E-state index contributed by atoms with van der Waals surface area (Å²) in [4.78, 5) is 7.32. The van der Waals surface area contributed by atoms with Crippen LogP contribution in [0, 0.1) is 17.3 Å². The average molecular weight is 333 g/mol. The fourth-order valence-corrected chi connectivity index (χ4v) is 5.08. The molecule has 0 bridgehead atoms. The number of rotatable bonds is 6. The summed E-state index contributed by atoms with van der Waals surface area (Å²) >= 11 is 0. The summed E-state index contributed by atoms with van der Waals surface area (Å²) in [6, 6.07) is 0. The standard InChI is InChI=1S/C18H27N3O3/c22-10-17(11-23-12-17)8-21-7-14-2-1-5-18(14,9-21)16-19-15(20-24-16)6-13-3-4-13/h13-14,22H,1-12H2/t14-,18-/m1/s1. The highest BCUT2D eigenvalue weighted by Crippen LogP contribution is 2.50. The minimum atomic E-state index is -0.0498. The molecule has 24 heavy (non-hydrogen) atoms. The monoisotopic (exact) mass is 333 g/mol. The van der Waals surface area contributed by atoms with Crippen molar-refractivity contribution in [1.29, 1.82) is 0 Å². The molecule has 1 aromatic rings. The highest BCUT2D eigenvalue weighted by Gasteiger charge is 2.55. The maximum atomic E-state index is 9.73. The Kier molecular flexibility index (Phi) is 3.51. The van der Waals surface area contributed by atoms with Crippen molar-refractivity contribution in [2.45, 2.75) is 43.9 Å². The van der Waals surface area contributed by atoms with E-state index in [1.54, 1.807) is 0 Å². The van der Waals surface area contributed by atoms with Gasteiger partial charge in [-0.25, -0.2) is 0 Å². The Bertz CT molecular complexity index is 605. The molecule has 0 aromatic carbocycles. The van der Waals surface area contributed by atoms with E-state index in [1.165, 1.54) is 25.7 Å². The molecule has 2 aliphatic heterocycles. The van der Waals surface area contributed by atoms with Crippen LogP contribution in [0.2, 0.25) is 0 Å². The van der Waals surface area contributed by atoms with Crippen LogP contribution in [0.15, 0.2) is 4.52 Å². The summed E-state index contributed by atoms with van der Waals surface area (Å²) < 4.78 is 11.1. The van der Waals surface area contributed by atoms with E-state index < -0.39 is 0 Å². The summed E-state index contributed by atoms with van der Waals surface area (Å²) in [5.41, 5.74) is 0.00184. The predicted molar refractivity (Wildman–Crippen MR) is 86.5 cm³/mol. The van der Waals surface area contributed by atoms with E-state index in [4.69, 9.17) is 14.2 Å². The summed E-state index contributed by atoms with van der Waals surface area (Å²) in [5.74, 6) is 3.19. The van der Waals surface area contributed by atoms with Crippen LogP contribution in [0.3, 0.4) is 0 Å². The van der Waals surface area contributed by atoms with Crippen LogP contribution in [0.25, 0.3) is 0 Å². The summed E-state index contributed by atoms with van der Waals surface area (Å²) in [5, 5.41) is 14.0. The normalized spacial score (nSPS) is 35.1. The molecule has 0 spiro atoms. The van der Waals surface area contributed by atoms with Gasteiger partial charge in [0.2, 0.25) is 5.89 Å². The first-order valence-electron chi connectivity index (χ1n) is 9.45. The molecule has 2 atom stereocenters. The van der Waals surface area contributed by atoms with Gasteiger partial charge < -0.3 is 19.3 Å². The maximum Gasteiger partial charge on any atom is 0.234 e. The second-order valence-corrected chi connectivity index (χ2v) is 8.73. The molecule has 6 heteroatoms. The van der Waals surface area contributed by atoms with E-state index in [1.807, 2.05) is 0 Å². The third-order valence-electron chi connectivity index (χ3n) is 6.71. The number of nitrogens with zero attached hydrogens (tertiary/aromatic N) is 3. The Hall–Kier alpha value is -0.980. The molecule has 2 saturated carbocycles. The van der Waals surface area contributed by atoms with Crippen LogP contribution in [-0.2, 0) is 16.6 Å². The Morgan fingerprint density at radius 1 is 1.25 bits per heavy atom. The van der Waals surface area contributed by atoms with E-state index in [-0.39, 0.29) is 17.4 Å². The lowest BCUT2D eigenvalue weighted by Gasteiger charge is -2.42. The molecule has 132 valence electrons. The van der Waals surface area contributed by atoms with Gasteiger partial charge in [-0.2, -0.15) is 4.98 Å². The minimum absolute atomic E-state index is 0.0498. The Morgan fingerprint density at radius 3 is 2.83 bits per heavy atom. The van der Waals surface area contributed by atoms with Gasteiger partial charge in [0.15, 0.2) is 5.82 Å². The lowest BCUT2D eigenvalue weighted by Crippen LogP contribution is -2.53. The minimum Gasteiger partial charge on any atom is -0.396 e. The first-order chi connectivity index (χ1) is 11.7. The van der Waals surface area contributed by atoms with E-state index in [0.29, 0.717) is 19.1 Å². The van der Waals surface area contributed by atoms with Crippen molar-refractivity contribution in [2.75, 3.05) is 39.5 Å². The van der Waals surface area contributed by atoms with Gasteiger partial charge in [-0.05, 0) is 37.5 Å². The molecular weight excluding hydrogens is 306 g/mol. The summed E-state index contributed by atoms with van der Waals surface area (Å²) in [7, 11) is 0. The molecule has 3 heterocycles. The van der Waals surface area contributed by atoms with Gasteiger partial charge >= 0.3 is 0 Å². The second kappa shape index (κ2) is 5.51. The zero-order chi connectivity index (χ0) is 16.2. The zero-order valence-electron chi connectivity index (χ0n) is 14.2. The SMILES string of the molecule is OCC1(CN2C[C@H]3CCC[C@@]3(c3nc(CC4CC4)no3)C2)COC1. The third kappa shape index (κ3) is 2.42. The maximum absolute atomic E-state index is 9.73. The van der Waals surface area contributed by atoms with Gasteiger partial charge in [0.25, 0.3) is 0 Å². The molecule has 4 fully saturated rings. The van der Waals surface area contributed by atoms with Crippen molar-refractivity contribution in [1.82, 2.24) is 15.0 Å². The summed E-state index contributed by atoms with van der Waals surface area (Å²) in [6.07, 6.45) is 7.28. The zero-order valence-corrected chi connectivity index (χ0v) is 14.2. The van der Waals surface area contributed by atoms with E-state index in [9.17, 15) is 5.11 Å². The van der Waals surface area contributed by atoms with Crippen LogP contribution in [0.5, 0.6) is 0 Å². The first-order valence-corrected chi connectivity index (χ1v) is 9.45. The lowest BCUT2D eigenvalue weighted by molar-refractivity contribution is -0.147. The van der Waals surface area contributed by atoms with E-state index >= 15 is 0 Å². The summed E-state index contributed by atoms with van der Waals surface area (Å²) in [6.45, 7) is 4.58. The molecule has 1 N–H and O–H groups in total. The molecule has 1 aromatic heterocycles. The molecule has 0 radical (unpaired) electrons. The van der Waals surface area contributed by atoms with E-state index in [0.717, 1.165) is 50.1 Å². The van der Waals surface area contributed by atoms with Gasteiger partial charge in [0.1, 0.15) is 0 Å². The molecule has 0 unspecified atom stereocenters. The molecule has 0 amide bonds. The molecule has 5 rings (SSSR count).